The van der Waals surface area contributed by atoms with Gasteiger partial charge in [-0.3, -0.25) is 0 Å². The molecule has 1 heteroatoms. The van der Waals surface area contributed by atoms with Gasteiger partial charge < -0.3 is 0 Å². The molecule has 0 aromatic heterocycles. The molecule has 0 atom stereocenters. The molecule has 1 aliphatic rings. The lowest BCUT2D eigenvalue weighted by Gasteiger charge is -2.31. The third-order valence-corrected chi connectivity index (χ3v) is 3.49. The van der Waals surface area contributed by atoms with E-state index in [1.54, 1.807) is 0 Å². The molecule has 0 unspecified atom stereocenters. The van der Waals surface area contributed by atoms with Crippen molar-refractivity contribution in [3.05, 3.63) is 0 Å². The van der Waals surface area contributed by atoms with Gasteiger partial charge in [-0.05, 0) is 31.6 Å². The largest absolute Gasteiger partial charge is 0.119 e. The molecule has 0 nitrogen and oxygen atoms in total. The van der Waals surface area contributed by atoms with Crippen LogP contribution in [0.5, 0.6) is 0 Å². The molecule has 0 N–H and O–H groups in total. The van der Waals surface area contributed by atoms with E-state index in [0.29, 0.717) is 0 Å². The second kappa shape index (κ2) is 4.50. The summed E-state index contributed by atoms with van der Waals surface area (Å²) in [5.41, 5.74) is 0. The Bertz CT molecular complexity index is 123. The standard InChI is InChI=1S/C11H21Cl/c1-10(2)6-9-11(12)7-4-3-5-8-11/h10H,3-9H2,1-2H3. The quantitative estimate of drug-likeness (QED) is 0.578. The molecule has 0 spiro atoms. The van der Waals surface area contributed by atoms with Crippen molar-refractivity contribution in [3.63, 3.8) is 0 Å². The van der Waals surface area contributed by atoms with E-state index in [1.165, 1.54) is 44.9 Å². The molecular formula is C11H21Cl. The second-order valence-electron chi connectivity index (χ2n) is 4.64. The Kier molecular flexibility index (Phi) is 3.89. The second-order valence-corrected chi connectivity index (χ2v) is 5.45. The van der Waals surface area contributed by atoms with Crippen molar-refractivity contribution in [1.29, 1.82) is 0 Å². The summed E-state index contributed by atoms with van der Waals surface area (Å²) in [6.45, 7) is 4.56. The maximum Gasteiger partial charge on any atom is 0.0447 e. The molecule has 72 valence electrons. The number of halogens is 1. The lowest BCUT2D eigenvalue weighted by molar-refractivity contribution is 0.346. The summed E-state index contributed by atoms with van der Waals surface area (Å²) in [6.07, 6.45) is 9.12. The Morgan fingerprint density at radius 3 is 2.25 bits per heavy atom. The lowest BCUT2D eigenvalue weighted by Crippen LogP contribution is -2.25. The molecule has 1 fully saturated rings. The van der Waals surface area contributed by atoms with Gasteiger partial charge in [-0.1, -0.05) is 33.1 Å². The van der Waals surface area contributed by atoms with Crippen LogP contribution in [-0.4, -0.2) is 4.87 Å². The third-order valence-electron chi connectivity index (χ3n) is 2.92. The van der Waals surface area contributed by atoms with Crippen molar-refractivity contribution >= 4 is 11.6 Å². The minimum absolute atomic E-state index is 0.183. The van der Waals surface area contributed by atoms with Gasteiger partial charge in [-0.25, -0.2) is 0 Å². The average molecular weight is 189 g/mol. The predicted molar refractivity (Wildman–Crippen MR) is 55.7 cm³/mol. The zero-order valence-corrected chi connectivity index (χ0v) is 9.16. The summed E-state index contributed by atoms with van der Waals surface area (Å²) < 4.78 is 0. The van der Waals surface area contributed by atoms with E-state index in [0.717, 1.165) is 5.92 Å². The molecule has 12 heavy (non-hydrogen) atoms. The Balaban J connectivity index is 2.26. The van der Waals surface area contributed by atoms with Gasteiger partial charge in [0, 0.05) is 4.87 Å². The van der Waals surface area contributed by atoms with Crippen molar-refractivity contribution in [2.45, 2.75) is 63.7 Å². The van der Waals surface area contributed by atoms with Crippen LogP contribution in [0.1, 0.15) is 58.8 Å². The van der Waals surface area contributed by atoms with Gasteiger partial charge in [-0.2, -0.15) is 0 Å². The highest BCUT2D eigenvalue weighted by Gasteiger charge is 2.28. The van der Waals surface area contributed by atoms with Gasteiger partial charge in [0.2, 0.25) is 0 Å². The maximum absolute atomic E-state index is 6.52. The highest BCUT2D eigenvalue weighted by Crippen LogP contribution is 2.38. The van der Waals surface area contributed by atoms with Crippen LogP contribution in [0, 0.1) is 5.92 Å². The van der Waals surface area contributed by atoms with Gasteiger partial charge in [0.1, 0.15) is 0 Å². The van der Waals surface area contributed by atoms with Crippen LogP contribution < -0.4 is 0 Å². The number of hydrogen-bond donors (Lipinski definition) is 0. The molecule has 0 aromatic carbocycles. The van der Waals surface area contributed by atoms with Crippen molar-refractivity contribution in [2.75, 3.05) is 0 Å². The number of rotatable bonds is 3. The minimum atomic E-state index is 0.183. The van der Waals surface area contributed by atoms with Crippen LogP contribution in [0.25, 0.3) is 0 Å². The van der Waals surface area contributed by atoms with Gasteiger partial charge >= 0.3 is 0 Å². The molecule has 1 saturated carbocycles. The molecule has 0 bridgehead atoms. The topological polar surface area (TPSA) is 0 Å². The van der Waals surface area contributed by atoms with Crippen LogP contribution in [0.15, 0.2) is 0 Å². The van der Waals surface area contributed by atoms with Crippen LogP contribution in [0.3, 0.4) is 0 Å². The Morgan fingerprint density at radius 2 is 1.75 bits per heavy atom. The van der Waals surface area contributed by atoms with Gasteiger partial charge in [0.25, 0.3) is 0 Å². The Hall–Kier alpha value is 0.290. The first-order valence-corrected chi connectivity index (χ1v) is 5.69. The van der Waals surface area contributed by atoms with E-state index < -0.39 is 0 Å². The normalized spacial score (nSPS) is 23.0. The molecule has 1 aliphatic carbocycles. The lowest BCUT2D eigenvalue weighted by atomic mass is 9.84. The van der Waals surface area contributed by atoms with Crippen molar-refractivity contribution < 1.29 is 0 Å². The van der Waals surface area contributed by atoms with Crippen molar-refractivity contribution in [2.24, 2.45) is 5.92 Å². The van der Waals surface area contributed by atoms with Gasteiger partial charge in [0.05, 0.1) is 0 Å². The van der Waals surface area contributed by atoms with Crippen LogP contribution in [-0.2, 0) is 0 Å². The molecule has 0 aromatic rings. The highest BCUT2D eigenvalue weighted by molar-refractivity contribution is 6.23. The van der Waals surface area contributed by atoms with Crippen LogP contribution in [0.4, 0.5) is 0 Å². The van der Waals surface area contributed by atoms with Crippen molar-refractivity contribution in [3.8, 4) is 0 Å². The molecule has 0 saturated heterocycles. The van der Waals surface area contributed by atoms with Gasteiger partial charge in [0.15, 0.2) is 0 Å². The highest BCUT2D eigenvalue weighted by atomic mass is 35.5. The summed E-state index contributed by atoms with van der Waals surface area (Å²) in [5.74, 6) is 0.808. The molecule has 1 rings (SSSR count). The maximum atomic E-state index is 6.52. The molecule has 0 amide bonds. The monoisotopic (exact) mass is 188 g/mol. The molecule has 0 heterocycles. The summed E-state index contributed by atoms with van der Waals surface area (Å²) >= 11 is 6.52. The smallest absolute Gasteiger partial charge is 0.0447 e. The third kappa shape index (κ3) is 3.35. The summed E-state index contributed by atoms with van der Waals surface area (Å²) in [6, 6.07) is 0. The van der Waals surface area contributed by atoms with Crippen LogP contribution >= 0.6 is 11.6 Å². The van der Waals surface area contributed by atoms with E-state index >= 15 is 0 Å². The summed E-state index contributed by atoms with van der Waals surface area (Å²) in [4.78, 5) is 0.183. The fourth-order valence-corrected chi connectivity index (χ4v) is 2.36. The van der Waals surface area contributed by atoms with E-state index in [2.05, 4.69) is 13.8 Å². The predicted octanol–water partition coefficient (Wildman–Crippen LogP) is 4.36. The molecular weight excluding hydrogens is 168 g/mol. The Labute approximate surface area is 81.7 Å². The van der Waals surface area contributed by atoms with Gasteiger partial charge in [-0.15, -0.1) is 11.6 Å². The zero-order chi connectivity index (χ0) is 9.03. The van der Waals surface area contributed by atoms with Crippen molar-refractivity contribution in [1.82, 2.24) is 0 Å². The first-order valence-electron chi connectivity index (χ1n) is 5.31. The minimum Gasteiger partial charge on any atom is -0.119 e. The fraction of sp³-hybridized carbons (Fsp3) is 1.00. The molecule has 0 aliphatic heterocycles. The number of hydrogen-bond acceptors (Lipinski definition) is 0. The SMILES string of the molecule is CC(C)CCC1(Cl)CCCCC1. The Morgan fingerprint density at radius 1 is 1.17 bits per heavy atom. The average Bonchev–Trinajstić information content (AvgIpc) is 2.03. The van der Waals surface area contributed by atoms with E-state index in [4.69, 9.17) is 11.6 Å². The van der Waals surface area contributed by atoms with E-state index in [9.17, 15) is 0 Å². The summed E-state index contributed by atoms with van der Waals surface area (Å²) in [7, 11) is 0. The molecule has 0 radical (unpaired) electrons. The number of alkyl halides is 1. The fourth-order valence-electron chi connectivity index (χ4n) is 1.98. The zero-order valence-electron chi connectivity index (χ0n) is 8.41. The summed E-state index contributed by atoms with van der Waals surface area (Å²) in [5, 5.41) is 0. The van der Waals surface area contributed by atoms with E-state index in [1.807, 2.05) is 0 Å². The first-order chi connectivity index (χ1) is 5.62. The van der Waals surface area contributed by atoms with Crippen LogP contribution in [0.2, 0.25) is 0 Å². The first kappa shape index (κ1) is 10.4. The van der Waals surface area contributed by atoms with E-state index in [-0.39, 0.29) is 4.87 Å².